The molecule has 130 valence electrons. The van der Waals surface area contributed by atoms with E-state index in [1.807, 2.05) is 0 Å². The van der Waals surface area contributed by atoms with Crippen molar-refractivity contribution >= 4 is 39.9 Å². The van der Waals surface area contributed by atoms with Crippen molar-refractivity contribution in [3.05, 3.63) is 40.9 Å². The number of benzene rings is 1. The molecular weight excluding hydrogens is 342 g/mol. The van der Waals surface area contributed by atoms with E-state index in [0.29, 0.717) is 35.0 Å². The number of anilines is 2. The number of methoxy groups -OCH3 is 1. The van der Waals surface area contributed by atoms with Gasteiger partial charge < -0.3 is 10.1 Å². The third kappa shape index (κ3) is 3.85. The van der Waals surface area contributed by atoms with Gasteiger partial charge in [-0.25, -0.2) is 9.78 Å². The summed E-state index contributed by atoms with van der Waals surface area (Å²) < 4.78 is 4.71. The Morgan fingerprint density at radius 1 is 1.36 bits per heavy atom. The third-order valence-electron chi connectivity index (χ3n) is 3.79. The summed E-state index contributed by atoms with van der Waals surface area (Å²) in [5.41, 5.74) is 1.28. The van der Waals surface area contributed by atoms with Gasteiger partial charge in [-0.2, -0.15) is 0 Å². The van der Waals surface area contributed by atoms with Crippen LogP contribution in [-0.2, 0) is 20.7 Å². The largest absolute Gasteiger partial charge is 0.465 e. The van der Waals surface area contributed by atoms with E-state index in [1.165, 1.54) is 18.4 Å². The Hall–Kier alpha value is -2.74. The minimum atomic E-state index is -0.514. The van der Waals surface area contributed by atoms with Gasteiger partial charge in [0, 0.05) is 18.3 Å². The number of carbonyl (C=O) groups is 3. The molecule has 3 rings (SSSR count). The molecule has 2 aromatic rings. The maximum Gasteiger partial charge on any atom is 0.339 e. The van der Waals surface area contributed by atoms with Crippen molar-refractivity contribution in [2.75, 3.05) is 23.9 Å². The minimum Gasteiger partial charge on any atom is -0.465 e. The number of rotatable bonds is 5. The molecule has 0 bridgehead atoms. The summed E-state index contributed by atoms with van der Waals surface area (Å²) >= 11 is 1.35. The van der Waals surface area contributed by atoms with Crippen LogP contribution in [0, 0.1) is 0 Å². The molecule has 1 aliphatic heterocycles. The highest BCUT2D eigenvalue weighted by molar-refractivity contribution is 7.14. The van der Waals surface area contributed by atoms with Crippen LogP contribution >= 0.6 is 11.3 Å². The van der Waals surface area contributed by atoms with Crippen LogP contribution in [0.5, 0.6) is 0 Å². The van der Waals surface area contributed by atoms with Crippen molar-refractivity contribution in [1.82, 2.24) is 4.98 Å². The first-order valence-corrected chi connectivity index (χ1v) is 8.68. The lowest BCUT2D eigenvalue weighted by Crippen LogP contribution is -2.23. The fourth-order valence-electron chi connectivity index (χ4n) is 2.59. The number of ether oxygens (including phenoxy) is 1. The molecule has 0 unspecified atom stereocenters. The zero-order chi connectivity index (χ0) is 17.8. The second-order valence-corrected chi connectivity index (χ2v) is 6.37. The van der Waals surface area contributed by atoms with E-state index in [2.05, 4.69) is 10.3 Å². The topological polar surface area (TPSA) is 88.6 Å². The Labute approximate surface area is 148 Å². The van der Waals surface area contributed by atoms with Gasteiger partial charge in [0.2, 0.25) is 11.8 Å². The van der Waals surface area contributed by atoms with Gasteiger partial charge in [0.05, 0.1) is 30.5 Å². The van der Waals surface area contributed by atoms with E-state index in [9.17, 15) is 14.4 Å². The molecule has 2 heterocycles. The molecule has 0 aliphatic carbocycles. The molecule has 0 radical (unpaired) electrons. The average molecular weight is 359 g/mol. The van der Waals surface area contributed by atoms with Crippen LogP contribution in [0.3, 0.4) is 0 Å². The highest BCUT2D eigenvalue weighted by Crippen LogP contribution is 2.25. The molecule has 1 fully saturated rings. The van der Waals surface area contributed by atoms with Gasteiger partial charge in [-0.1, -0.05) is 12.1 Å². The second-order valence-electron chi connectivity index (χ2n) is 5.53. The van der Waals surface area contributed by atoms with Crippen molar-refractivity contribution < 1.29 is 19.1 Å². The standard InChI is InChI=1S/C17H17N3O4S/c1-24-16(23)12-5-2-3-6-13(12)19-14(21)9-11-10-25-17(18-11)20-8-4-7-15(20)22/h2-3,5-6,10H,4,7-9H2,1H3,(H,19,21). The molecule has 0 atom stereocenters. The van der Waals surface area contributed by atoms with Gasteiger partial charge in [0.25, 0.3) is 0 Å². The van der Waals surface area contributed by atoms with Crippen molar-refractivity contribution in [2.24, 2.45) is 0 Å². The summed E-state index contributed by atoms with van der Waals surface area (Å²) in [4.78, 5) is 41.8. The maximum absolute atomic E-state index is 12.3. The molecule has 0 saturated carbocycles. The van der Waals surface area contributed by atoms with Gasteiger partial charge >= 0.3 is 5.97 Å². The predicted octanol–water partition coefficient (Wildman–Crippen LogP) is 2.24. The van der Waals surface area contributed by atoms with Crippen molar-refractivity contribution in [3.63, 3.8) is 0 Å². The summed E-state index contributed by atoms with van der Waals surface area (Å²) in [6.07, 6.45) is 1.44. The fraction of sp³-hybridized carbons (Fsp3) is 0.294. The zero-order valence-electron chi connectivity index (χ0n) is 13.7. The molecule has 1 saturated heterocycles. The second kappa shape index (κ2) is 7.43. The minimum absolute atomic E-state index is 0.0635. The molecule has 8 heteroatoms. The molecule has 1 aromatic carbocycles. The number of thiazole rings is 1. The van der Waals surface area contributed by atoms with E-state index in [-0.39, 0.29) is 18.2 Å². The lowest BCUT2D eigenvalue weighted by Gasteiger charge is -2.10. The molecule has 25 heavy (non-hydrogen) atoms. The Kier molecular flexibility index (Phi) is 5.08. The number of esters is 1. The molecule has 0 spiro atoms. The Balaban J connectivity index is 1.67. The van der Waals surface area contributed by atoms with Crippen LogP contribution in [0.15, 0.2) is 29.6 Å². The molecule has 1 N–H and O–H groups in total. The predicted molar refractivity (Wildman–Crippen MR) is 93.8 cm³/mol. The van der Waals surface area contributed by atoms with Crippen molar-refractivity contribution in [1.29, 1.82) is 0 Å². The van der Waals surface area contributed by atoms with Gasteiger partial charge in [-0.15, -0.1) is 11.3 Å². The molecular formula is C17H17N3O4S. The fourth-order valence-corrected chi connectivity index (χ4v) is 3.46. The molecule has 7 nitrogen and oxygen atoms in total. The summed E-state index contributed by atoms with van der Waals surface area (Å²) in [6, 6.07) is 6.64. The Bertz CT molecular complexity index is 818. The number of para-hydroxylation sites is 1. The summed E-state index contributed by atoms with van der Waals surface area (Å²) in [6.45, 7) is 0.671. The lowest BCUT2D eigenvalue weighted by molar-refractivity contribution is -0.117. The summed E-state index contributed by atoms with van der Waals surface area (Å²) in [7, 11) is 1.29. The first-order valence-electron chi connectivity index (χ1n) is 7.80. The first-order chi connectivity index (χ1) is 12.1. The smallest absolute Gasteiger partial charge is 0.339 e. The summed E-state index contributed by atoms with van der Waals surface area (Å²) in [5, 5.41) is 5.10. The summed E-state index contributed by atoms with van der Waals surface area (Å²) in [5.74, 6) is -0.738. The van der Waals surface area contributed by atoms with Crippen LogP contribution in [-0.4, -0.2) is 36.4 Å². The number of nitrogens with zero attached hydrogens (tertiary/aromatic N) is 2. The number of hydrogen-bond donors (Lipinski definition) is 1. The quantitative estimate of drug-likeness (QED) is 0.827. The normalized spacial score (nSPS) is 13.8. The molecule has 2 amide bonds. The monoisotopic (exact) mass is 359 g/mol. The molecule has 1 aliphatic rings. The number of carbonyl (C=O) groups excluding carboxylic acids is 3. The van der Waals surface area contributed by atoms with Crippen molar-refractivity contribution in [3.8, 4) is 0 Å². The highest BCUT2D eigenvalue weighted by atomic mass is 32.1. The van der Waals surface area contributed by atoms with Gasteiger partial charge in [0.15, 0.2) is 5.13 Å². The SMILES string of the molecule is COC(=O)c1ccccc1NC(=O)Cc1csc(N2CCCC2=O)n1. The van der Waals surface area contributed by atoms with Crippen LogP contribution in [0.25, 0.3) is 0 Å². The van der Waals surface area contributed by atoms with E-state index in [0.717, 1.165) is 6.42 Å². The number of nitrogens with one attached hydrogen (secondary N) is 1. The van der Waals surface area contributed by atoms with Crippen LogP contribution in [0.4, 0.5) is 10.8 Å². The van der Waals surface area contributed by atoms with Gasteiger partial charge in [-0.3, -0.25) is 14.5 Å². The number of aromatic nitrogens is 1. The van der Waals surface area contributed by atoms with Gasteiger partial charge in [0.1, 0.15) is 0 Å². The van der Waals surface area contributed by atoms with E-state index in [1.54, 1.807) is 34.5 Å². The number of hydrogen-bond acceptors (Lipinski definition) is 6. The van der Waals surface area contributed by atoms with E-state index in [4.69, 9.17) is 4.74 Å². The van der Waals surface area contributed by atoms with Crippen LogP contribution in [0.2, 0.25) is 0 Å². The first kappa shape index (κ1) is 17.1. The third-order valence-corrected chi connectivity index (χ3v) is 4.70. The maximum atomic E-state index is 12.3. The Morgan fingerprint density at radius 3 is 2.88 bits per heavy atom. The van der Waals surface area contributed by atoms with Crippen LogP contribution < -0.4 is 10.2 Å². The molecule has 1 aromatic heterocycles. The van der Waals surface area contributed by atoms with Gasteiger partial charge in [-0.05, 0) is 18.6 Å². The van der Waals surface area contributed by atoms with Crippen molar-refractivity contribution in [2.45, 2.75) is 19.3 Å². The zero-order valence-corrected chi connectivity index (χ0v) is 14.5. The number of amides is 2. The van der Waals surface area contributed by atoms with E-state index < -0.39 is 5.97 Å². The lowest BCUT2D eigenvalue weighted by atomic mass is 10.1. The van der Waals surface area contributed by atoms with Crippen LogP contribution in [0.1, 0.15) is 28.9 Å². The average Bonchev–Trinajstić information content (AvgIpc) is 3.23. The van der Waals surface area contributed by atoms with E-state index >= 15 is 0 Å². The Morgan fingerprint density at radius 2 is 2.16 bits per heavy atom. The highest BCUT2D eigenvalue weighted by Gasteiger charge is 2.24.